The normalized spacial score (nSPS) is 15.1. The fourth-order valence-corrected chi connectivity index (χ4v) is 2.27. The molecule has 0 radical (unpaired) electrons. The number of terminal acetylenes is 1. The van der Waals surface area contributed by atoms with Crippen molar-refractivity contribution in [2.75, 3.05) is 0 Å². The molecule has 0 aliphatic carbocycles. The van der Waals surface area contributed by atoms with Crippen molar-refractivity contribution in [3.63, 3.8) is 0 Å². The Morgan fingerprint density at radius 2 is 2.00 bits per heavy atom. The molecular formula is C9H14N2O2S. The van der Waals surface area contributed by atoms with Crippen LogP contribution in [-0.4, -0.2) is 19.7 Å². The number of nitriles is 1. The third kappa shape index (κ3) is 3.37. The third-order valence-corrected chi connectivity index (χ3v) is 3.61. The van der Waals surface area contributed by atoms with Crippen LogP contribution < -0.4 is 4.72 Å². The van der Waals surface area contributed by atoms with Gasteiger partial charge in [0.05, 0.1) is 12.1 Å². The lowest BCUT2D eigenvalue weighted by Crippen LogP contribution is -2.39. The summed E-state index contributed by atoms with van der Waals surface area (Å²) in [5, 5.41) is 7.58. The van der Waals surface area contributed by atoms with Gasteiger partial charge in [0.2, 0.25) is 10.0 Å². The second-order valence-electron chi connectivity index (χ2n) is 2.82. The van der Waals surface area contributed by atoms with Crippen molar-refractivity contribution < 1.29 is 8.42 Å². The SMILES string of the molecule is C#CC(CC)NS(=O)(=O)C(C#N)CC. The first-order valence-corrected chi connectivity index (χ1v) is 5.93. The summed E-state index contributed by atoms with van der Waals surface area (Å²) in [5.41, 5.74) is 0. The first-order valence-electron chi connectivity index (χ1n) is 4.38. The zero-order chi connectivity index (χ0) is 11.2. The van der Waals surface area contributed by atoms with Crippen LogP contribution in [0.15, 0.2) is 0 Å². The van der Waals surface area contributed by atoms with Crippen molar-refractivity contribution in [3.05, 3.63) is 0 Å². The number of nitrogens with zero attached hydrogens (tertiary/aromatic N) is 1. The first kappa shape index (κ1) is 13.0. The molecule has 0 amide bonds. The summed E-state index contributed by atoms with van der Waals surface area (Å²) in [7, 11) is -3.60. The number of hydrogen-bond acceptors (Lipinski definition) is 3. The molecule has 0 aliphatic heterocycles. The van der Waals surface area contributed by atoms with E-state index >= 15 is 0 Å². The molecule has 0 saturated heterocycles. The Hall–Kier alpha value is -1.04. The molecule has 0 bridgehead atoms. The minimum atomic E-state index is -3.60. The summed E-state index contributed by atoms with van der Waals surface area (Å²) in [5.74, 6) is 2.31. The summed E-state index contributed by atoms with van der Waals surface area (Å²) in [6.07, 6.45) is 5.88. The summed E-state index contributed by atoms with van der Waals surface area (Å²) in [4.78, 5) is 0. The Labute approximate surface area is 85.4 Å². The molecule has 14 heavy (non-hydrogen) atoms. The van der Waals surface area contributed by atoms with E-state index in [1.165, 1.54) is 0 Å². The molecule has 0 aromatic carbocycles. The van der Waals surface area contributed by atoms with Gasteiger partial charge in [0.1, 0.15) is 0 Å². The second kappa shape index (κ2) is 5.64. The van der Waals surface area contributed by atoms with E-state index in [0.29, 0.717) is 6.42 Å². The summed E-state index contributed by atoms with van der Waals surface area (Å²) < 4.78 is 25.3. The molecule has 2 unspecified atom stereocenters. The highest BCUT2D eigenvalue weighted by molar-refractivity contribution is 7.90. The van der Waals surface area contributed by atoms with Gasteiger partial charge in [-0.2, -0.15) is 9.98 Å². The molecule has 0 fully saturated rings. The predicted octanol–water partition coefficient (Wildman–Crippen LogP) is 0.620. The van der Waals surface area contributed by atoms with Gasteiger partial charge in [0.25, 0.3) is 0 Å². The van der Waals surface area contributed by atoms with E-state index in [9.17, 15) is 8.42 Å². The van der Waals surface area contributed by atoms with Crippen LogP contribution >= 0.6 is 0 Å². The quantitative estimate of drug-likeness (QED) is 0.682. The third-order valence-electron chi connectivity index (χ3n) is 1.81. The molecule has 1 N–H and O–H groups in total. The van der Waals surface area contributed by atoms with Crippen molar-refractivity contribution in [1.82, 2.24) is 4.72 Å². The van der Waals surface area contributed by atoms with Crippen LogP contribution in [0.1, 0.15) is 26.7 Å². The molecule has 0 spiro atoms. The Balaban J connectivity index is 4.67. The van der Waals surface area contributed by atoms with Gasteiger partial charge >= 0.3 is 0 Å². The summed E-state index contributed by atoms with van der Waals surface area (Å²) >= 11 is 0. The molecule has 0 heterocycles. The highest BCUT2D eigenvalue weighted by Crippen LogP contribution is 2.04. The maximum Gasteiger partial charge on any atom is 0.229 e. The van der Waals surface area contributed by atoms with Crippen LogP contribution in [0.25, 0.3) is 0 Å². The van der Waals surface area contributed by atoms with Gasteiger partial charge in [-0.15, -0.1) is 6.42 Å². The lowest BCUT2D eigenvalue weighted by Gasteiger charge is -2.13. The number of nitrogens with one attached hydrogen (secondary N) is 1. The van der Waals surface area contributed by atoms with Crippen LogP contribution in [0.3, 0.4) is 0 Å². The monoisotopic (exact) mass is 214 g/mol. The van der Waals surface area contributed by atoms with E-state index < -0.39 is 21.3 Å². The van der Waals surface area contributed by atoms with Crippen molar-refractivity contribution in [3.8, 4) is 18.4 Å². The molecule has 2 atom stereocenters. The minimum Gasteiger partial charge on any atom is -0.211 e. The fraction of sp³-hybridized carbons (Fsp3) is 0.667. The Morgan fingerprint density at radius 3 is 2.29 bits per heavy atom. The van der Waals surface area contributed by atoms with Gasteiger partial charge in [0.15, 0.2) is 5.25 Å². The average Bonchev–Trinajstić information content (AvgIpc) is 2.15. The fourth-order valence-electron chi connectivity index (χ4n) is 0.896. The van der Waals surface area contributed by atoms with Crippen LogP contribution in [0.5, 0.6) is 0 Å². The van der Waals surface area contributed by atoms with Crippen molar-refractivity contribution in [1.29, 1.82) is 5.26 Å². The molecule has 5 heteroatoms. The largest absolute Gasteiger partial charge is 0.229 e. The van der Waals surface area contributed by atoms with Crippen molar-refractivity contribution in [2.45, 2.75) is 38.0 Å². The van der Waals surface area contributed by atoms with Crippen molar-refractivity contribution >= 4 is 10.0 Å². The smallest absolute Gasteiger partial charge is 0.211 e. The number of rotatable bonds is 5. The first-order chi connectivity index (χ1) is 6.51. The molecule has 0 aromatic heterocycles. The van der Waals surface area contributed by atoms with E-state index in [2.05, 4.69) is 10.6 Å². The van der Waals surface area contributed by atoms with Gasteiger partial charge in [-0.25, -0.2) is 8.42 Å². The van der Waals surface area contributed by atoms with E-state index in [1.54, 1.807) is 19.9 Å². The number of hydrogen-bond donors (Lipinski definition) is 1. The van der Waals surface area contributed by atoms with Crippen LogP contribution in [-0.2, 0) is 10.0 Å². The molecular weight excluding hydrogens is 200 g/mol. The molecule has 0 aliphatic rings. The molecule has 78 valence electrons. The van der Waals surface area contributed by atoms with Crippen molar-refractivity contribution in [2.24, 2.45) is 0 Å². The predicted molar refractivity (Wildman–Crippen MR) is 54.7 cm³/mol. The van der Waals surface area contributed by atoms with E-state index in [-0.39, 0.29) is 6.42 Å². The zero-order valence-electron chi connectivity index (χ0n) is 8.32. The highest BCUT2D eigenvalue weighted by atomic mass is 32.2. The van der Waals surface area contributed by atoms with Gasteiger partial charge < -0.3 is 0 Å². The molecule has 4 nitrogen and oxygen atoms in total. The van der Waals surface area contributed by atoms with Crippen LogP contribution in [0, 0.1) is 23.7 Å². The van der Waals surface area contributed by atoms with Gasteiger partial charge in [-0.05, 0) is 12.8 Å². The topological polar surface area (TPSA) is 70.0 Å². The highest BCUT2D eigenvalue weighted by Gasteiger charge is 2.25. The van der Waals surface area contributed by atoms with Gasteiger partial charge in [-0.3, -0.25) is 0 Å². The van der Waals surface area contributed by atoms with Crippen LogP contribution in [0.4, 0.5) is 0 Å². The van der Waals surface area contributed by atoms with E-state index in [1.807, 2.05) is 0 Å². The number of sulfonamides is 1. The molecule has 0 rings (SSSR count). The minimum absolute atomic E-state index is 0.257. The molecule has 0 saturated carbocycles. The second-order valence-corrected chi connectivity index (χ2v) is 4.71. The standard InChI is InChI=1S/C9H14N2O2S/c1-4-8(5-2)11-14(12,13)9(6-3)7-10/h1,8-9,11H,5-6H2,2-3H3. The Bertz CT molecular complexity index is 348. The Morgan fingerprint density at radius 1 is 1.43 bits per heavy atom. The summed E-state index contributed by atoms with van der Waals surface area (Å²) in [6, 6.07) is 1.20. The lowest BCUT2D eigenvalue weighted by atomic mass is 10.3. The average molecular weight is 214 g/mol. The van der Waals surface area contributed by atoms with E-state index in [0.717, 1.165) is 0 Å². The van der Waals surface area contributed by atoms with E-state index in [4.69, 9.17) is 11.7 Å². The van der Waals surface area contributed by atoms with Gasteiger partial charge in [-0.1, -0.05) is 19.8 Å². The maximum absolute atomic E-state index is 11.5. The van der Waals surface area contributed by atoms with Gasteiger partial charge in [0, 0.05) is 0 Å². The maximum atomic E-state index is 11.5. The summed E-state index contributed by atoms with van der Waals surface area (Å²) in [6.45, 7) is 3.42. The lowest BCUT2D eigenvalue weighted by molar-refractivity contribution is 0.562. The molecule has 0 aromatic rings. The zero-order valence-corrected chi connectivity index (χ0v) is 9.13. The van der Waals surface area contributed by atoms with Crippen LogP contribution in [0.2, 0.25) is 0 Å². The Kier molecular flexibility index (Phi) is 5.22.